The molecule has 1 aromatic carbocycles. The van der Waals surface area contributed by atoms with Gasteiger partial charge in [0.05, 0.1) is 18.8 Å². The molecule has 0 spiro atoms. The summed E-state index contributed by atoms with van der Waals surface area (Å²) in [6.07, 6.45) is 0.0236. The first kappa shape index (κ1) is 28.0. The zero-order valence-electron chi connectivity index (χ0n) is 22.0. The van der Waals surface area contributed by atoms with Gasteiger partial charge in [0.2, 0.25) is 5.91 Å². The highest BCUT2D eigenvalue weighted by Gasteiger charge is 2.38. The Morgan fingerprint density at radius 3 is 2.63 bits per heavy atom. The van der Waals surface area contributed by atoms with Gasteiger partial charge in [-0.1, -0.05) is 6.07 Å². The van der Waals surface area contributed by atoms with Crippen LogP contribution in [0.2, 0.25) is 0 Å². The fraction of sp³-hybridized carbons (Fsp3) is 0.519. The molecule has 0 saturated carbocycles. The summed E-state index contributed by atoms with van der Waals surface area (Å²) < 4.78 is 31.2. The van der Waals surface area contributed by atoms with Crippen molar-refractivity contribution in [2.24, 2.45) is 5.73 Å². The molecule has 1 aromatic heterocycles. The van der Waals surface area contributed by atoms with Crippen LogP contribution in [0.5, 0.6) is 5.75 Å². The van der Waals surface area contributed by atoms with E-state index in [9.17, 15) is 18.8 Å². The van der Waals surface area contributed by atoms with Crippen LogP contribution in [0.3, 0.4) is 0 Å². The van der Waals surface area contributed by atoms with E-state index < -0.39 is 29.3 Å². The molecule has 2 aliphatic heterocycles. The van der Waals surface area contributed by atoms with Crippen LogP contribution in [0.1, 0.15) is 60.0 Å². The zero-order chi connectivity index (χ0) is 27.4. The van der Waals surface area contributed by atoms with Crippen molar-refractivity contribution in [2.45, 2.75) is 65.0 Å². The normalized spacial score (nSPS) is 16.8. The van der Waals surface area contributed by atoms with Gasteiger partial charge in [-0.05, 0) is 44.9 Å². The number of hydrogen-bond donors (Lipinski definition) is 1. The Bertz CT molecular complexity index is 1190. The number of benzene rings is 1. The third kappa shape index (κ3) is 6.89. The summed E-state index contributed by atoms with van der Waals surface area (Å²) in [5.74, 6) is -1.79. The molecule has 0 radical (unpaired) electrons. The van der Waals surface area contributed by atoms with Crippen molar-refractivity contribution in [2.75, 3.05) is 26.3 Å². The quantitative estimate of drug-likeness (QED) is 0.455. The summed E-state index contributed by atoms with van der Waals surface area (Å²) in [6, 6.07) is 4.01. The minimum atomic E-state index is -0.947. The van der Waals surface area contributed by atoms with Gasteiger partial charge in [-0.2, -0.15) is 0 Å². The Hall–Kier alpha value is -3.02. The molecule has 1 saturated heterocycles. The van der Waals surface area contributed by atoms with Crippen molar-refractivity contribution < 1.29 is 33.0 Å². The molecule has 38 heavy (non-hydrogen) atoms. The lowest BCUT2D eigenvalue weighted by atomic mass is 10.1. The van der Waals surface area contributed by atoms with Gasteiger partial charge in [-0.3, -0.25) is 19.3 Å². The molecule has 206 valence electrons. The second kappa shape index (κ2) is 11.8. The van der Waals surface area contributed by atoms with E-state index in [1.807, 2.05) is 6.07 Å². The predicted molar refractivity (Wildman–Crippen MR) is 139 cm³/mol. The number of carbonyl (C=O) groups is 3. The first-order valence-corrected chi connectivity index (χ1v) is 13.5. The van der Waals surface area contributed by atoms with Gasteiger partial charge < -0.3 is 24.8 Å². The van der Waals surface area contributed by atoms with Crippen molar-refractivity contribution in [3.05, 3.63) is 51.0 Å². The van der Waals surface area contributed by atoms with Crippen molar-refractivity contribution in [3.8, 4) is 5.75 Å². The number of rotatable bonds is 10. The maximum atomic E-state index is 14.8. The second-order valence-corrected chi connectivity index (χ2v) is 11.4. The van der Waals surface area contributed by atoms with Gasteiger partial charge in [-0.25, -0.2) is 4.39 Å². The van der Waals surface area contributed by atoms with Crippen LogP contribution in [-0.4, -0.2) is 65.5 Å². The Balaban J connectivity index is 1.37. The highest BCUT2D eigenvalue weighted by Crippen LogP contribution is 2.34. The molecule has 2 amide bonds. The lowest BCUT2D eigenvalue weighted by Crippen LogP contribution is -2.45. The number of halogens is 1. The zero-order valence-corrected chi connectivity index (χ0v) is 22.8. The van der Waals surface area contributed by atoms with Crippen LogP contribution < -0.4 is 10.5 Å². The van der Waals surface area contributed by atoms with Crippen molar-refractivity contribution in [1.29, 1.82) is 0 Å². The van der Waals surface area contributed by atoms with Crippen molar-refractivity contribution in [3.63, 3.8) is 0 Å². The number of thiophene rings is 1. The monoisotopic (exact) mass is 547 g/mol. The molecule has 11 heteroatoms. The summed E-state index contributed by atoms with van der Waals surface area (Å²) in [7, 11) is 0. The van der Waals surface area contributed by atoms with Crippen molar-refractivity contribution in [1.82, 2.24) is 9.80 Å². The minimum Gasteiger partial charge on any atom is -0.485 e. The van der Waals surface area contributed by atoms with Crippen LogP contribution in [0, 0.1) is 5.82 Å². The molecule has 3 heterocycles. The largest absolute Gasteiger partial charge is 0.485 e. The SMILES string of the molecule is CC(C)(C)OC(=O)CCC(C(N)=O)N1Cc2c(csc2COc2ccc(CN3CCOCC3)cc2F)C1=O. The minimum absolute atomic E-state index is 0.0434. The fourth-order valence-corrected chi connectivity index (χ4v) is 5.51. The highest BCUT2D eigenvalue weighted by molar-refractivity contribution is 7.10. The summed E-state index contributed by atoms with van der Waals surface area (Å²) in [4.78, 5) is 41.8. The topological polar surface area (TPSA) is 111 Å². The highest BCUT2D eigenvalue weighted by atomic mass is 32.1. The van der Waals surface area contributed by atoms with Gasteiger partial charge >= 0.3 is 5.97 Å². The summed E-state index contributed by atoms with van der Waals surface area (Å²) >= 11 is 1.35. The molecule has 1 unspecified atom stereocenters. The number of amides is 2. The van der Waals surface area contributed by atoms with Gasteiger partial charge in [-0.15, -0.1) is 11.3 Å². The van der Waals surface area contributed by atoms with Gasteiger partial charge in [0.25, 0.3) is 5.91 Å². The van der Waals surface area contributed by atoms with E-state index in [-0.39, 0.29) is 37.6 Å². The molecule has 2 aromatic rings. The van der Waals surface area contributed by atoms with E-state index in [0.29, 0.717) is 25.3 Å². The maximum Gasteiger partial charge on any atom is 0.306 e. The lowest BCUT2D eigenvalue weighted by Gasteiger charge is -2.26. The molecular formula is C27H34FN3O6S. The summed E-state index contributed by atoms with van der Waals surface area (Å²) in [6.45, 7) is 9.16. The first-order chi connectivity index (χ1) is 18.0. The molecule has 2 aliphatic rings. The van der Waals surface area contributed by atoms with E-state index in [0.717, 1.165) is 29.1 Å². The van der Waals surface area contributed by atoms with Crippen LogP contribution in [0.25, 0.3) is 0 Å². The van der Waals surface area contributed by atoms with E-state index in [1.54, 1.807) is 32.2 Å². The van der Waals surface area contributed by atoms with Crippen LogP contribution in [0.4, 0.5) is 4.39 Å². The third-order valence-electron chi connectivity index (χ3n) is 6.41. The van der Waals surface area contributed by atoms with Crippen LogP contribution in [0.15, 0.2) is 23.6 Å². The molecule has 9 nitrogen and oxygen atoms in total. The summed E-state index contributed by atoms with van der Waals surface area (Å²) in [5.41, 5.74) is 7.01. The number of fused-ring (bicyclic) bond motifs is 1. The number of primary amides is 1. The average Bonchev–Trinajstić information content (AvgIpc) is 3.38. The molecule has 4 rings (SSSR count). The van der Waals surface area contributed by atoms with Gasteiger partial charge in [0.15, 0.2) is 11.6 Å². The Morgan fingerprint density at radius 2 is 1.97 bits per heavy atom. The number of nitrogens with zero attached hydrogens (tertiary/aromatic N) is 2. The van der Waals surface area contributed by atoms with E-state index in [1.165, 1.54) is 22.3 Å². The van der Waals surface area contributed by atoms with Gasteiger partial charge in [0.1, 0.15) is 18.2 Å². The average molecular weight is 548 g/mol. The van der Waals surface area contributed by atoms with Crippen LogP contribution >= 0.6 is 11.3 Å². The van der Waals surface area contributed by atoms with E-state index in [4.69, 9.17) is 19.9 Å². The number of hydrogen-bond acceptors (Lipinski definition) is 8. The number of nitrogens with two attached hydrogens (primary N) is 1. The van der Waals surface area contributed by atoms with Gasteiger partial charge in [0, 0.05) is 48.4 Å². The second-order valence-electron chi connectivity index (χ2n) is 10.5. The number of ether oxygens (including phenoxy) is 3. The fourth-order valence-electron chi connectivity index (χ4n) is 4.56. The molecule has 1 fully saturated rings. The number of esters is 1. The summed E-state index contributed by atoms with van der Waals surface area (Å²) in [5, 5.41) is 1.71. The number of morpholine rings is 1. The third-order valence-corrected chi connectivity index (χ3v) is 7.41. The standard InChI is InChI=1S/C27H34FN3O6S/c1-27(2,3)37-24(32)7-5-21(25(29)33)31-14-18-19(26(31)34)16-38-23(18)15-36-22-6-4-17(12-20(22)28)13-30-8-10-35-11-9-30/h4,6,12,16,21H,5,7-11,13-15H2,1-3H3,(H2,29,33). The lowest BCUT2D eigenvalue weighted by molar-refractivity contribution is -0.155. The smallest absolute Gasteiger partial charge is 0.306 e. The maximum absolute atomic E-state index is 14.8. The van der Waals surface area contributed by atoms with Crippen LogP contribution in [-0.2, 0) is 38.8 Å². The van der Waals surface area contributed by atoms with E-state index in [2.05, 4.69) is 4.90 Å². The van der Waals surface area contributed by atoms with Crippen molar-refractivity contribution >= 4 is 29.1 Å². The van der Waals surface area contributed by atoms with E-state index >= 15 is 0 Å². The number of carbonyl (C=O) groups excluding carboxylic acids is 3. The Kier molecular flexibility index (Phi) is 8.69. The molecule has 0 bridgehead atoms. The molecular weight excluding hydrogens is 513 g/mol. The predicted octanol–water partition coefficient (Wildman–Crippen LogP) is 3.23. The first-order valence-electron chi connectivity index (χ1n) is 12.6. The molecule has 1 atom stereocenters. The Labute approximate surface area is 225 Å². The Morgan fingerprint density at radius 1 is 1.24 bits per heavy atom. The molecule has 0 aliphatic carbocycles. The molecule has 2 N–H and O–H groups in total.